The van der Waals surface area contributed by atoms with Crippen molar-refractivity contribution in [1.82, 2.24) is 4.90 Å². The number of aliphatic hydroxyl groups is 2. The molecule has 5 unspecified atom stereocenters. The van der Waals surface area contributed by atoms with Crippen molar-refractivity contribution in [3.05, 3.63) is 59.1 Å². The fourth-order valence-electron chi connectivity index (χ4n) is 4.57. The quantitative estimate of drug-likeness (QED) is 0.585. The third kappa shape index (κ3) is 3.96. The number of carbonyl (C=O) groups is 1. The highest BCUT2D eigenvalue weighted by Gasteiger charge is 2.56. The molecule has 1 heterocycles. The number of amides is 1. The number of hydrogen-bond donors (Lipinski definition) is 3. The summed E-state index contributed by atoms with van der Waals surface area (Å²) in [5, 5.41) is 22.5. The maximum atomic E-state index is 12.3. The second-order valence-electron chi connectivity index (χ2n) is 7.89. The van der Waals surface area contributed by atoms with Gasteiger partial charge in [-0.15, -0.1) is 0 Å². The number of nitrogens with two attached hydrogens (primary N) is 1. The summed E-state index contributed by atoms with van der Waals surface area (Å²) in [7, 11) is 1.60. The van der Waals surface area contributed by atoms with Crippen molar-refractivity contribution in [1.29, 1.82) is 0 Å². The summed E-state index contributed by atoms with van der Waals surface area (Å²) >= 11 is 11.9. The average molecular weight is 462 g/mol. The minimum absolute atomic E-state index is 0.0702. The van der Waals surface area contributed by atoms with E-state index in [9.17, 15) is 15.0 Å². The van der Waals surface area contributed by atoms with Crippen LogP contribution in [0.1, 0.15) is 12.0 Å². The van der Waals surface area contributed by atoms with E-state index in [2.05, 4.69) is 0 Å². The molecule has 1 saturated heterocycles. The average Bonchev–Trinajstić information content (AvgIpc) is 3.04. The van der Waals surface area contributed by atoms with E-state index >= 15 is 0 Å². The van der Waals surface area contributed by atoms with Gasteiger partial charge in [-0.1, -0.05) is 23.7 Å². The lowest BCUT2D eigenvalue weighted by Crippen LogP contribution is -2.60. The molecule has 9 heteroatoms. The first kappa shape index (κ1) is 21.8. The van der Waals surface area contributed by atoms with Gasteiger partial charge in [0.15, 0.2) is 5.11 Å². The molecule has 4 N–H and O–H groups in total. The van der Waals surface area contributed by atoms with Crippen LogP contribution in [0.2, 0.25) is 5.02 Å². The largest absolute Gasteiger partial charge is 0.497 e. The molecule has 164 valence electrons. The molecule has 2 aromatic rings. The Hall–Kier alpha value is -2.39. The monoisotopic (exact) mass is 461 g/mol. The molecule has 0 spiro atoms. The van der Waals surface area contributed by atoms with E-state index in [-0.39, 0.29) is 6.42 Å². The topological polar surface area (TPSA) is 99.3 Å². The molecule has 1 aliphatic heterocycles. The van der Waals surface area contributed by atoms with Gasteiger partial charge in [0.1, 0.15) is 11.9 Å². The van der Waals surface area contributed by atoms with Crippen LogP contribution in [0.25, 0.3) is 0 Å². The predicted molar refractivity (Wildman–Crippen MR) is 122 cm³/mol. The zero-order chi connectivity index (χ0) is 22.3. The van der Waals surface area contributed by atoms with E-state index in [1.54, 1.807) is 19.2 Å². The van der Waals surface area contributed by atoms with Gasteiger partial charge in [0.2, 0.25) is 5.91 Å². The molecule has 1 saturated carbocycles. The predicted octanol–water partition coefficient (Wildman–Crippen LogP) is 1.92. The van der Waals surface area contributed by atoms with E-state index in [4.69, 9.17) is 34.3 Å². The Morgan fingerprint density at radius 1 is 1.16 bits per heavy atom. The number of methoxy groups -OCH3 is 1. The lowest BCUT2D eigenvalue weighted by molar-refractivity contribution is -0.129. The standard InChI is InChI=1S/C22H24ClN3O4S/c1-30-15-8-2-12(3-9-15)11-25-19-18(16(21(24)29)10-17(27)20(19)28)26(22(25)31)14-6-4-13(23)5-7-14/h2-9,16-20,27-28H,10-11H2,1H3,(H2,24,29). The van der Waals surface area contributed by atoms with Crippen molar-refractivity contribution in [3.8, 4) is 5.75 Å². The Morgan fingerprint density at radius 2 is 1.81 bits per heavy atom. The van der Waals surface area contributed by atoms with E-state index < -0.39 is 36.1 Å². The second-order valence-corrected chi connectivity index (χ2v) is 8.69. The first-order valence-corrected chi connectivity index (χ1v) is 10.7. The van der Waals surface area contributed by atoms with Crippen molar-refractivity contribution in [2.75, 3.05) is 12.0 Å². The minimum atomic E-state index is -1.09. The van der Waals surface area contributed by atoms with Gasteiger partial charge in [-0.2, -0.15) is 0 Å². The van der Waals surface area contributed by atoms with Crippen molar-refractivity contribution in [2.45, 2.75) is 37.3 Å². The number of ether oxygens (including phenoxy) is 1. The van der Waals surface area contributed by atoms with Gasteiger partial charge in [-0.25, -0.2) is 0 Å². The Labute approximate surface area is 191 Å². The summed E-state index contributed by atoms with van der Waals surface area (Å²) in [4.78, 5) is 16.0. The smallest absolute Gasteiger partial charge is 0.222 e. The second kappa shape index (κ2) is 8.63. The number of anilines is 1. The fourth-order valence-corrected chi connectivity index (χ4v) is 5.11. The molecule has 2 aromatic carbocycles. The molecular weight excluding hydrogens is 438 g/mol. The summed E-state index contributed by atoms with van der Waals surface area (Å²) < 4.78 is 5.22. The first-order valence-electron chi connectivity index (χ1n) is 9.95. The van der Waals surface area contributed by atoms with Crippen LogP contribution in [-0.4, -0.2) is 57.5 Å². The SMILES string of the molecule is COc1ccc(CN2C(=S)N(c3ccc(Cl)cc3)C3C(C(N)=O)CC(O)C(O)C32)cc1. The first-order chi connectivity index (χ1) is 14.8. The van der Waals surface area contributed by atoms with Gasteiger partial charge >= 0.3 is 0 Å². The fraction of sp³-hybridized carbons (Fsp3) is 0.364. The number of aliphatic hydroxyl groups excluding tert-OH is 2. The van der Waals surface area contributed by atoms with E-state index in [0.717, 1.165) is 17.0 Å². The number of thiocarbonyl (C=S) groups is 1. The third-order valence-electron chi connectivity index (χ3n) is 6.09. The molecule has 0 aromatic heterocycles. The maximum absolute atomic E-state index is 12.3. The van der Waals surface area contributed by atoms with Gasteiger partial charge in [0, 0.05) is 17.3 Å². The highest BCUT2D eigenvalue weighted by atomic mass is 35.5. The Balaban J connectivity index is 1.76. The molecule has 0 radical (unpaired) electrons. The number of nitrogens with zero attached hydrogens (tertiary/aromatic N) is 2. The summed E-state index contributed by atoms with van der Waals surface area (Å²) in [5.41, 5.74) is 7.41. The van der Waals surface area contributed by atoms with Crippen LogP contribution in [0.5, 0.6) is 5.75 Å². The number of primary amides is 1. The molecule has 4 rings (SSSR count). The summed E-state index contributed by atoms with van der Waals surface area (Å²) in [6, 6.07) is 13.5. The molecule has 5 atom stereocenters. The Kier molecular flexibility index (Phi) is 6.07. The lowest BCUT2D eigenvalue weighted by Gasteiger charge is -2.42. The minimum Gasteiger partial charge on any atom is -0.497 e. The zero-order valence-corrected chi connectivity index (χ0v) is 18.5. The summed E-state index contributed by atoms with van der Waals surface area (Å²) in [5.74, 6) is -0.484. The normalized spacial score (nSPS) is 27.9. The van der Waals surface area contributed by atoms with Gasteiger partial charge in [0.05, 0.1) is 31.2 Å². The van der Waals surface area contributed by atoms with Crippen LogP contribution < -0.4 is 15.4 Å². The number of benzene rings is 2. The van der Waals surface area contributed by atoms with Gasteiger partial charge in [-0.05, 0) is 60.6 Å². The van der Waals surface area contributed by atoms with Gasteiger partial charge in [0.25, 0.3) is 0 Å². The van der Waals surface area contributed by atoms with Crippen LogP contribution in [0, 0.1) is 5.92 Å². The van der Waals surface area contributed by atoms with Crippen LogP contribution in [0.4, 0.5) is 5.69 Å². The number of halogens is 1. The molecule has 31 heavy (non-hydrogen) atoms. The Bertz CT molecular complexity index is 972. The molecule has 0 bridgehead atoms. The summed E-state index contributed by atoms with van der Waals surface area (Å²) in [6.07, 6.45) is -2.10. The van der Waals surface area contributed by atoms with E-state index in [1.165, 1.54) is 0 Å². The maximum Gasteiger partial charge on any atom is 0.222 e. The zero-order valence-electron chi connectivity index (χ0n) is 16.9. The van der Waals surface area contributed by atoms with Crippen molar-refractivity contribution in [3.63, 3.8) is 0 Å². The molecule has 2 aliphatic rings. The molecule has 1 amide bonds. The number of fused-ring (bicyclic) bond motifs is 1. The third-order valence-corrected chi connectivity index (χ3v) is 6.78. The molecule has 2 fully saturated rings. The summed E-state index contributed by atoms with van der Waals surface area (Å²) in [6.45, 7) is 0.392. The Morgan fingerprint density at radius 3 is 2.39 bits per heavy atom. The number of carbonyl (C=O) groups excluding carboxylic acids is 1. The molecule has 1 aliphatic carbocycles. The lowest BCUT2D eigenvalue weighted by atomic mass is 9.76. The van der Waals surface area contributed by atoms with Gasteiger partial charge in [-0.3, -0.25) is 4.79 Å². The van der Waals surface area contributed by atoms with Crippen LogP contribution in [0.3, 0.4) is 0 Å². The number of hydrogen-bond acceptors (Lipinski definition) is 5. The molecular formula is C22H24ClN3O4S. The van der Waals surface area contributed by atoms with E-state index in [1.807, 2.05) is 46.2 Å². The van der Waals surface area contributed by atoms with E-state index in [0.29, 0.717) is 16.7 Å². The van der Waals surface area contributed by atoms with Gasteiger partial charge < -0.3 is 30.5 Å². The van der Waals surface area contributed by atoms with Crippen LogP contribution in [-0.2, 0) is 11.3 Å². The van der Waals surface area contributed by atoms with Crippen molar-refractivity contribution >= 4 is 40.5 Å². The van der Waals surface area contributed by atoms with Crippen molar-refractivity contribution in [2.24, 2.45) is 11.7 Å². The van der Waals surface area contributed by atoms with Crippen LogP contribution >= 0.6 is 23.8 Å². The van der Waals surface area contributed by atoms with Crippen molar-refractivity contribution < 1.29 is 19.7 Å². The van der Waals surface area contributed by atoms with Crippen LogP contribution in [0.15, 0.2) is 48.5 Å². The molecule has 7 nitrogen and oxygen atoms in total. The highest BCUT2D eigenvalue weighted by molar-refractivity contribution is 7.80. The highest BCUT2D eigenvalue weighted by Crippen LogP contribution is 2.41. The number of rotatable bonds is 5.